The fourth-order valence-electron chi connectivity index (χ4n) is 2.92. The lowest BCUT2D eigenvalue weighted by atomic mass is 10.0. The Morgan fingerprint density at radius 1 is 1.20 bits per heavy atom. The van der Waals surface area contributed by atoms with E-state index in [-0.39, 0.29) is 5.91 Å². The van der Waals surface area contributed by atoms with Crippen LogP contribution in [0.25, 0.3) is 5.57 Å². The molecule has 0 heterocycles. The van der Waals surface area contributed by atoms with Gasteiger partial charge in [0.1, 0.15) is 5.70 Å². The maximum Gasteiger partial charge on any atom is 0.273 e. The smallest absolute Gasteiger partial charge is 0.273 e. The molecule has 0 fully saturated rings. The number of aryl methyl sites for hydroxylation is 2. The standard InChI is InChI=1S/C24H23Cl2N3O/c1-5-6-22(24(30)29-23-16(3)11-18(14-27)12-17(23)4)28-10-9-15(2)20-13-19(25)7-8-21(20)26/h6-13H,5H2,1-4H3,(H,29,30)/b15-9+,22-6+,28-10+. The van der Waals surface area contributed by atoms with E-state index in [1.807, 2.05) is 27.7 Å². The predicted molar refractivity (Wildman–Crippen MR) is 126 cm³/mol. The Balaban J connectivity index is 2.24. The second-order valence-electron chi connectivity index (χ2n) is 6.80. The van der Waals surface area contributed by atoms with Gasteiger partial charge in [0.2, 0.25) is 0 Å². The van der Waals surface area contributed by atoms with Gasteiger partial charge >= 0.3 is 0 Å². The highest BCUT2D eigenvalue weighted by atomic mass is 35.5. The zero-order chi connectivity index (χ0) is 22.3. The molecule has 0 bridgehead atoms. The summed E-state index contributed by atoms with van der Waals surface area (Å²) in [6.45, 7) is 7.55. The number of rotatable bonds is 6. The maximum absolute atomic E-state index is 12.8. The molecule has 2 aromatic carbocycles. The highest BCUT2D eigenvalue weighted by molar-refractivity contribution is 6.34. The number of allylic oxidation sites excluding steroid dienone is 3. The maximum atomic E-state index is 12.8. The van der Waals surface area contributed by atoms with Crippen LogP contribution in [-0.4, -0.2) is 12.1 Å². The van der Waals surface area contributed by atoms with Crippen molar-refractivity contribution in [1.82, 2.24) is 0 Å². The molecule has 0 spiro atoms. The molecule has 6 heteroatoms. The van der Waals surface area contributed by atoms with Crippen molar-refractivity contribution in [3.8, 4) is 6.07 Å². The average molecular weight is 440 g/mol. The fraction of sp³-hybridized carbons (Fsp3) is 0.208. The molecule has 0 aliphatic carbocycles. The molecule has 30 heavy (non-hydrogen) atoms. The zero-order valence-corrected chi connectivity index (χ0v) is 18.9. The second kappa shape index (κ2) is 10.8. The monoisotopic (exact) mass is 439 g/mol. The van der Waals surface area contributed by atoms with Gasteiger partial charge < -0.3 is 5.32 Å². The van der Waals surface area contributed by atoms with E-state index in [1.54, 1.807) is 48.7 Å². The minimum Gasteiger partial charge on any atom is -0.320 e. The average Bonchev–Trinajstić information content (AvgIpc) is 2.71. The third-order valence-corrected chi connectivity index (χ3v) is 4.99. The molecular formula is C24H23Cl2N3O. The van der Waals surface area contributed by atoms with E-state index in [0.717, 1.165) is 22.3 Å². The van der Waals surface area contributed by atoms with Gasteiger partial charge in [0.25, 0.3) is 5.91 Å². The number of hydrogen-bond acceptors (Lipinski definition) is 3. The molecule has 0 unspecified atom stereocenters. The van der Waals surface area contributed by atoms with Crippen molar-refractivity contribution in [2.75, 3.05) is 5.32 Å². The number of anilines is 1. The summed E-state index contributed by atoms with van der Waals surface area (Å²) in [5, 5.41) is 13.2. The van der Waals surface area contributed by atoms with Crippen LogP contribution in [0.3, 0.4) is 0 Å². The van der Waals surface area contributed by atoms with E-state index in [9.17, 15) is 4.79 Å². The number of hydrogen-bond donors (Lipinski definition) is 1. The predicted octanol–water partition coefficient (Wildman–Crippen LogP) is 6.89. The lowest BCUT2D eigenvalue weighted by Gasteiger charge is -2.12. The first-order chi connectivity index (χ1) is 14.3. The minimum absolute atomic E-state index is 0.307. The van der Waals surface area contributed by atoms with Crippen LogP contribution in [0.1, 0.15) is 42.5 Å². The first-order valence-corrected chi connectivity index (χ1v) is 10.2. The molecule has 0 atom stereocenters. The topological polar surface area (TPSA) is 65.2 Å². The fourth-order valence-corrected chi connectivity index (χ4v) is 3.36. The van der Waals surface area contributed by atoms with Crippen molar-refractivity contribution in [1.29, 1.82) is 5.26 Å². The van der Waals surface area contributed by atoms with E-state index < -0.39 is 0 Å². The first-order valence-electron chi connectivity index (χ1n) is 9.46. The normalized spacial score (nSPS) is 12.2. The molecule has 0 aliphatic heterocycles. The van der Waals surface area contributed by atoms with E-state index >= 15 is 0 Å². The number of halogens is 2. The second-order valence-corrected chi connectivity index (χ2v) is 7.64. The molecule has 0 radical (unpaired) electrons. The van der Waals surface area contributed by atoms with Crippen LogP contribution in [0.4, 0.5) is 5.69 Å². The molecular weight excluding hydrogens is 417 g/mol. The van der Waals surface area contributed by atoms with Crippen molar-refractivity contribution in [2.24, 2.45) is 4.99 Å². The van der Waals surface area contributed by atoms with Crippen LogP contribution in [0.15, 0.2) is 53.2 Å². The van der Waals surface area contributed by atoms with Crippen LogP contribution in [0.2, 0.25) is 10.0 Å². The van der Waals surface area contributed by atoms with E-state index in [4.69, 9.17) is 28.5 Å². The van der Waals surface area contributed by atoms with Crippen LogP contribution < -0.4 is 5.32 Å². The van der Waals surface area contributed by atoms with Crippen molar-refractivity contribution >= 4 is 46.6 Å². The van der Waals surface area contributed by atoms with Crippen LogP contribution in [-0.2, 0) is 4.79 Å². The van der Waals surface area contributed by atoms with E-state index in [2.05, 4.69) is 16.4 Å². The first kappa shape index (κ1) is 23.4. The molecule has 154 valence electrons. The summed E-state index contributed by atoms with van der Waals surface area (Å²) in [6.07, 6.45) is 5.78. The van der Waals surface area contributed by atoms with Gasteiger partial charge in [-0.3, -0.25) is 9.79 Å². The number of aliphatic imine (C=N–C) groups is 1. The zero-order valence-electron chi connectivity index (χ0n) is 17.4. The Bertz CT molecular complexity index is 1070. The number of benzene rings is 2. The summed E-state index contributed by atoms with van der Waals surface area (Å²) < 4.78 is 0. The van der Waals surface area contributed by atoms with Gasteiger partial charge in [-0.15, -0.1) is 0 Å². The van der Waals surface area contributed by atoms with Crippen LogP contribution >= 0.6 is 23.2 Å². The number of nitriles is 1. The highest BCUT2D eigenvalue weighted by Crippen LogP contribution is 2.27. The molecule has 4 nitrogen and oxygen atoms in total. The van der Waals surface area contributed by atoms with E-state index in [0.29, 0.717) is 33.4 Å². The highest BCUT2D eigenvalue weighted by Gasteiger charge is 2.12. The summed E-state index contributed by atoms with van der Waals surface area (Å²) in [6, 6.07) is 10.9. The third-order valence-electron chi connectivity index (χ3n) is 4.42. The molecule has 0 aromatic heterocycles. The Morgan fingerprint density at radius 2 is 1.87 bits per heavy atom. The van der Waals surface area contributed by atoms with Gasteiger partial charge in [-0.05, 0) is 85.9 Å². The summed E-state index contributed by atoms with van der Waals surface area (Å²) in [5.41, 5.74) is 4.89. The molecule has 0 saturated heterocycles. The lowest BCUT2D eigenvalue weighted by Crippen LogP contribution is -2.15. The Labute approximate surface area is 187 Å². The summed E-state index contributed by atoms with van der Waals surface area (Å²) in [5.74, 6) is -0.309. The van der Waals surface area contributed by atoms with Crippen molar-refractivity contribution in [3.05, 3.63) is 80.5 Å². The van der Waals surface area contributed by atoms with Gasteiger partial charge in [0, 0.05) is 21.9 Å². The van der Waals surface area contributed by atoms with Gasteiger partial charge in [0.15, 0.2) is 0 Å². The Morgan fingerprint density at radius 3 is 2.47 bits per heavy atom. The molecule has 1 N–H and O–H groups in total. The van der Waals surface area contributed by atoms with Crippen molar-refractivity contribution in [3.63, 3.8) is 0 Å². The SMILES string of the molecule is CC/C=C(/N=C/C=C(\C)c1cc(Cl)ccc1Cl)C(=O)Nc1c(C)cc(C#N)cc1C. The molecule has 1 amide bonds. The van der Waals surface area contributed by atoms with Gasteiger partial charge in [-0.2, -0.15) is 5.26 Å². The minimum atomic E-state index is -0.309. The van der Waals surface area contributed by atoms with Gasteiger partial charge in [-0.1, -0.05) is 36.2 Å². The Kier molecular flexibility index (Phi) is 8.41. The number of carbonyl (C=O) groups excluding carboxylic acids is 1. The van der Waals surface area contributed by atoms with Crippen molar-refractivity contribution in [2.45, 2.75) is 34.1 Å². The molecule has 0 aliphatic rings. The lowest BCUT2D eigenvalue weighted by molar-refractivity contribution is -0.112. The van der Waals surface area contributed by atoms with Crippen LogP contribution in [0.5, 0.6) is 0 Å². The largest absolute Gasteiger partial charge is 0.320 e. The van der Waals surface area contributed by atoms with Gasteiger partial charge in [0.05, 0.1) is 11.6 Å². The molecule has 0 saturated carbocycles. The van der Waals surface area contributed by atoms with Gasteiger partial charge in [-0.25, -0.2) is 0 Å². The van der Waals surface area contributed by atoms with Crippen molar-refractivity contribution < 1.29 is 4.79 Å². The Hall–Kier alpha value is -2.87. The summed E-state index contributed by atoms with van der Waals surface area (Å²) >= 11 is 12.3. The third kappa shape index (κ3) is 6.06. The summed E-state index contributed by atoms with van der Waals surface area (Å²) in [4.78, 5) is 17.1. The van der Waals surface area contributed by atoms with Crippen LogP contribution in [0, 0.1) is 25.2 Å². The van der Waals surface area contributed by atoms with E-state index in [1.165, 1.54) is 0 Å². The number of nitrogens with zero attached hydrogens (tertiary/aromatic N) is 2. The molecule has 2 aromatic rings. The summed E-state index contributed by atoms with van der Waals surface area (Å²) in [7, 11) is 0. The number of amides is 1. The number of nitrogens with one attached hydrogen (secondary N) is 1. The quantitative estimate of drug-likeness (QED) is 0.393. The number of carbonyl (C=O) groups is 1. The molecule has 2 rings (SSSR count).